The van der Waals surface area contributed by atoms with Gasteiger partial charge in [-0.25, -0.2) is 14.8 Å². The Kier molecular flexibility index (Phi) is 7.23. The van der Waals surface area contributed by atoms with Crippen LogP contribution in [0.25, 0.3) is 0 Å². The van der Waals surface area contributed by atoms with Gasteiger partial charge >= 0.3 is 6.03 Å². The zero-order chi connectivity index (χ0) is 24.7. The van der Waals surface area contributed by atoms with Gasteiger partial charge in [0.25, 0.3) is 5.91 Å². The summed E-state index contributed by atoms with van der Waals surface area (Å²) in [6.45, 7) is 5.60. The molecule has 0 saturated carbocycles. The van der Waals surface area contributed by atoms with Gasteiger partial charge in [0, 0.05) is 74.3 Å². The number of nitrogens with zero attached hydrogens (tertiary/aromatic N) is 5. The summed E-state index contributed by atoms with van der Waals surface area (Å²) in [5.41, 5.74) is 2.88. The Balaban J connectivity index is 1.14. The van der Waals surface area contributed by atoms with Crippen LogP contribution in [0.3, 0.4) is 0 Å². The molecular formula is C26H29N7O3. The number of ether oxygens (including phenoxy) is 1. The van der Waals surface area contributed by atoms with Crippen molar-refractivity contribution in [3.05, 3.63) is 72.6 Å². The molecule has 0 aliphatic carbocycles. The molecule has 2 saturated heterocycles. The highest BCUT2D eigenvalue weighted by Crippen LogP contribution is 2.20. The van der Waals surface area contributed by atoms with Crippen LogP contribution in [0.2, 0.25) is 0 Å². The van der Waals surface area contributed by atoms with Gasteiger partial charge in [-0.2, -0.15) is 0 Å². The summed E-state index contributed by atoms with van der Waals surface area (Å²) in [5, 5.41) is 5.85. The first-order chi connectivity index (χ1) is 17.7. The van der Waals surface area contributed by atoms with Gasteiger partial charge in [-0.3, -0.25) is 4.79 Å². The van der Waals surface area contributed by atoms with Gasteiger partial charge in [-0.1, -0.05) is 6.07 Å². The van der Waals surface area contributed by atoms with Gasteiger partial charge in [0.2, 0.25) is 5.95 Å². The van der Waals surface area contributed by atoms with E-state index in [9.17, 15) is 9.59 Å². The van der Waals surface area contributed by atoms with Crippen molar-refractivity contribution in [2.75, 3.05) is 72.9 Å². The van der Waals surface area contributed by atoms with Gasteiger partial charge < -0.3 is 30.1 Å². The first kappa shape index (κ1) is 23.6. The molecule has 0 atom stereocenters. The maximum Gasteiger partial charge on any atom is 0.321 e. The Morgan fingerprint density at radius 2 is 1.42 bits per heavy atom. The minimum Gasteiger partial charge on any atom is -0.378 e. The summed E-state index contributed by atoms with van der Waals surface area (Å²) in [6.07, 6.45) is 3.43. The summed E-state index contributed by atoms with van der Waals surface area (Å²) >= 11 is 0. The van der Waals surface area contributed by atoms with E-state index in [1.54, 1.807) is 47.6 Å². The smallest absolute Gasteiger partial charge is 0.321 e. The van der Waals surface area contributed by atoms with Crippen molar-refractivity contribution in [3.8, 4) is 0 Å². The van der Waals surface area contributed by atoms with Crippen LogP contribution in [0.5, 0.6) is 0 Å². The average molecular weight is 488 g/mol. The van der Waals surface area contributed by atoms with Gasteiger partial charge in [0.1, 0.15) is 0 Å². The maximum absolute atomic E-state index is 12.8. The van der Waals surface area contributed by atoms with E-state index in [-0.39, 0.29) is 11.9 Å². The van der Waals surface area contributed by atoms with E-state index in [0.717, 1.165) is 18.8 Å². The zero-order valence-electron chi connectivity index (χ0n) is 20.0. The molecule has 0 radical (unpaired) electrons. The predicted molar refractivity (Wildman–Crippen MR) is 139 cm³/mol. The summed E-state index contributed by atoms with van der Waals surface area (Å²) in [5.74, 6) is 0.475. The molecule has 0 spiro atoms. The molecule has 3 amide bonds. The van der Waals surface area contributed by atoms with Crippen molar-refractivity contribution < 1.29 is 14.3 Å². The van der Waals surface area contributed by atoms with Crippen LogP contribution in [-0.4, -0.2) is 79.3 Å². The lowest BCUT2D eigenvalue weighted by atomic mass is 10.1. The second-order valence-electron chi connectivity index (χ2n) is 8.63. The molecule has 3 heterocycles. The topological polar surface area (TPSA) is 103 Å². The van der Waals surface area contributed by atoms with E-state index >= 15 is 0 Å². The number of urea groups is 1. The SMILES string of the molecule is O=C(Nc1cccc(NC(=O)N2CCN(c3ncccn3)CC2)c1)c1ccc(N2CCOCC2)cc1. The molecule has 186 valence electrons. The fourth-order valence-electron chi connectivity index (χ4n) is 4.29. The van der Waals surface area contributed by atoms with Crippen LogP contribution in [0.1, 0.15) is 10.4 Å². The van der Waals surface area contributed by atoms with Crippen LogP contribution >= 0.6 is 0 Å². The number of hydrogen-bond acceptors (Lipinski definition) is 7. The molecule has 1 aromatic heterocycles. The van der Waals surface area contributed by atoms with Crippen LogP contribution in [-0.2, 0) is 4.74 Å². The molecule has 2 N–H and O–H groups in total. The minimum absolute atomic E-state index is 0.175. The Labute approximate surface area is 209 Å². The molecule has 10 heteroatoms. The quantitative estimate of drug-likeness (QED) is 0.570. The zero-order valence-corrected chi connectivity index (χ0v) is 20.0. The Morgan fingerprint density at radius 3 is 2.11 bits per heavy atom. The van der Waals surface area contributed by atoms with Crippen molar-refractivity contribution in [2.45, 2.75) is 0 Å². The molecule has 10 nitrogen and oxygen atoms in total. The number of carbonyl (C=O) groups excluding carboxylic acids is 2. The molecule has 0 unspecified atom stereocenters. The second kappa shape index (κ2) is 11.0. The number of morpholine rings is 1. The molecule has 0 bridgehead atoms. The number of nitrogens with one attached hydrogen (secondary N) is 2. The van der Waals surface area contributed by atoms with Crippen molar-refractivity contribution in [1.29, 1.82) is 0 Å². The third-order valence-corrected chi connectivity index (χ3v) is 6.28. The van der Waals surface area contributed by atoms with Crippen molar-refractivity contribution in [3.63, 3.8) is 0 Å². The van der Waals surface area contributed by atoms with Crippen molar-refractivity contribution in [2.24, 2.45) is 0 Å². The van der Waals surface area contributed by atoms with E-state index in [2.05, 4.69) is 30.4 Å². The molecule has 2 aromatic carbocycles. The standard InChI is InChI=1S/C26H29N7O3/c34-24(20-5-7-23(8-6-20)31-15-17-36-18-16-31)29-21-3-1-4-22(19-21)30-26(35)33-13-11-32(12-14-33)25-27-9-2-10-28-25/h1-10,19H,11-18H2,(H,29,34)(H,30,35). The normalized spacial score (nSPS) is 15.9. The fourth-order valence-corrected chi connectivity index (χ4v) is 4.29. The minimum atomic E-state index is -0.203. The highest BCUT2D eigenvalue weighted by atomic mass is 16.5. The molecule has 2 fully saturated rings. The molecule has 2 aliphatic rings. The van der Waals surface area contributed by atoms with Crippen LogP contribution in [0.4, 0.5) is 27.8 Å². The molecule has 3 aromatic rings. The van der Waals surface area contributed by atoms with Crippen LogP contribution in [0, 0.1) is 0 Å². The van der Waals surface area contributed by atoms with Gasteiger partial charge in [0.15, 0.2) is 0 Å². The predicted octanol–water partition coefficient (Wildman–Crippen LogP) is 2.92. The molecule has 36 heavy (non-hydrogen) atoms. The number of aromatic nitrogens is 2. The van der Waals surface area contributed by atoms with E-state index < -0.39 is 0 Å². The third-order valence-electron chi connectivity index (χ3n) is 6.28. The maximum atomic E-state index is 12.8. The summed E-state index contributed by atoms with van der Waals surface area (Å²) in [4.78, 5) is 40.2. The Hall–Kier alpha value is -4.18. The van der Waals surface area contributed by atoms with Crippen molar-refractivity contribution in [1.82, 2.24) is 14.9 Å². The fraction of sp³-hybridized carbons (Fsp3) is 0.308. The number of benzene rings is 2. The first-order valence-electron chi connectivity index (χ1n) is 12.1. The van der Waals surface area contributed by atoms with E-state index in [1.807, 2.05) is 24.3 Å². The Bertz CT molecular complexity index is 1180. The molecular weight excluding hydrogens is 458 g/mol. The number of anilines is 4. The van der Waals surface area contributed by atoms with Crippen molar-refractivity contribution >= 4 is 34.9 Å². The van der Waals surface area contributed by atoms with Crippen LogP contribution in [0.15, 0.2) is 67.0 Å². The van der Waals surface area contributed by atoms with Gasteiger partial charge in [0.05, 0.1) is 13.2 Å². The largest absolute Gasteiger partial charge is 0.378 e. The van der Waals surface area contributed by atoms with E-state index in [0.29, 0.717) is 62.3 Å². The number of amides is 3. The second-order valence-corrected chi connectivity index (χ2v) is 8.63. The number of rotatable bonds is 5. The summed E-state index contributed by atoms with van der Waals surface area (Å²) in [6, 6.07) is 16.3. The molecule has 2 aliphatic heterocycles. The van der Waals surface area contributed by atoms with E-state index in [4.69, 9.17) is 4.74 Å². The highest BCUT2D eigenvalue weighted by molar-refractivity contribution is 6.04. The first-order valence-corrected chi connectivity index (χ1v) is 12.1. The number of carbonyl (C=O) groups is 2. The van der Waals surface area contributed by atoms with Gasteiger partial charge in [-0.15, -0.1) is 0 Å². The summed E-state index contributed by atoms with van der Waals surface area (Å²) < 4.78 is 5.40. The lowest BCUT2D eigenvalue weighted by Crippen LogP contribution is -2.50. The highest BCUT2D eigenvalue weighted by Gasteiger charge is 2.22. The lowest BCUT2D eigenvalue weighted by molar-refractivity contribution is 0.102. The number of hydrogen-bond donors (Lipinski definition) is 2. The Morgan fingerprint density at radius 1 is 0.750 bits per heavy atom. The van der Waals surface area contributed by atoms with Crippen LogP contribution < -0.4 is 20.4 Å². The monoisotopic (exact) mass is 487 g/mol. The summed E-state index contributed by atoms with van der Waals surface area (Å²) in [7, 11) is 0. The van der Waals surface area contributed by atoms with Gasteiger partial charge in [-0.05, 0) is 48.5 Å². The number of piperazine rings is 1. The van der Waals surface area contributed by atoms with E-state index in [1.165, 1.54) is 0 Å². The molecule has 5 rings (SSSR count). The third kappa shape index (κ3) is 5.72. The lowest BCUT2D eigenvalue weighted by Gasteiger charge is -2.34. The average Bonchev–Trinajstić information content (AvgIpc) is 2.94.